The van der Waals surface area contributed by atoms with E-state index in [2.05, 4.69) is 10.1 Å². The second-order valence-electron chi connectivity index (χ2n) is 5.15. The molecule has 0 radical (unpaired) electrons. The molecule has 0 N–H and O–H groups in total. The minimum atomic E-state index is -0.393. The molecule has 23 heavy (non-hydrogen) atoms. The summed E-state index contributed by atoms with van der Waals surface area (Å²) in [5.74, 6) is 1.22. The molecule has 0 unspecified atom stereocenters. The molecule has 2 aromatic rings. The largest absolute Gasteiger partial charge is 0.496 e. The van der Waals surface area contributed by atoms with Crippen molar-refractivity contribution in [2.24, 2.45) is 0 Å². The molecule has 1 fully saturated rings. The van der Waals surface area contributed by atoms with Crippen LogP contribution in [0.15, 0.2) is 16.7 Å². The third kappa shape index (κ3) is 3.88. The predicted molar refractivity (Wildman–Crippen MR) is 85.1 cm³/mol. The zero-order valence-corrected chi connectivity index (χ0v) is 14.1. The molecule has 0 bridgehead atoms. The molecule has 1 aromatic heterocycles. The molecule has 6 heteroatoms. The zero-order chi connectivity index (χ0) is 16.8. The van der Waals surface area contributed by atoms with Crippen molar-refractivity contribution in [3.63, 3.8) is 0 Å². The van der Waals surface area contributed by atoms with E-state index in [4.69, 9.17) is 14.0 Å². The lowest BCUT2D eigenvalue weighted by molar-refractivity contribution is 0.0830. The third-order valence-electron chi connectivity index (χ3n) is 3.74. The molecule has 0 atom stereocenters. The average Bonchev–Trinajstić information content (AvgIpc) is 3.07. The Hall–Kier alpha value is -1.95. The van der Waals surface area contributed by atoms with Crippen LogP contribution in [-0.2, 0) is 4.74 Å². The Morgan fingerprint density at radius 3 is 2.57 bits per heavy atom. The third-order valence-corrected chi connectivity index (χ3v) is 3.74. The number of rotatable bonds is 3. The van der Waals surface area contributed by atoms with E-state index in [0.29, 0.717) is 24.8 Å². The van der Waals surface area contributed by atoms with Gasteiger partial charge in [0.25, 0.3) is 5.89 Å². The lowest BCUT2D eigenvalue weighted by Crippen LogP contribution is -2.15. The van der Waals surface area contributed by atoms with Crippen LogP contribution in [0.4, 0.5) is 4.39 Å². The van der Waals surface area contributed by atoms with Gasteiger partial charge in [0.15, 0.2) is 5.82 Å². The molecule has 1 aromatic carbocycles. The van der Waals surface area contributed by atoms with Crippen LogP contribution in [-0.4, -0.2) is 30.5 Å². The molecule has 3 rings (SSSR count). The van der Waals surface area contributed by atoms with Crippen molar-refractivity contribution in [3.05, 3.63) is 29.3 Å². The SMILES string of the molecule is CC.COc1cc(-c2nc(C3CCOCC3)no2)c(F)cc1C. The molecule has 1 saturated heterocycles. The number of halogens is 1. The van der Waals surface area contributed by atoms with Crippen molar-refractivity contribution >= 4 is 0 Å². The average molecular weight is 322 g/mol. The van der Waals surface area contributed by atoms with Crippen LogP contribution in [0.2, 0.25) is 0 Å². The smallest absolute Gasteiger partial charge is 0.261 e. The van der Waals surface area contributed by atoms with Gasteiger partial charge in [-0.1, -0.05) is 19.0 Å². The second kappa shape index (κ2) is 8.06. The van der Waals surface area contributed by atoms with Gasteiger partial charge in [-0.2, -0.15) is 4.98 Å². The van der Waals surface area contributed by atoms with E-state index in [0.717, 1.165) is 18.4 Å². The number of benzene rings is 1. The number of aromatic nitrogens is 2. The van der Waals surface area contributed by atoms with E-state index in [9.17, 15) is 4.39 Å². The fourth-order valence-corrected chi connectivity index (χ4v) is 2.50. The van der Waals surface area contributed by atoms with Crippen LogP contribution in [0, 0.1) is 12.7 Å². The van der Waals surface area contributed by atoms with Gasteiger partial charge in [-0.25, -0.2) is 4.39 Å². The molecular formula is C17H23FN2O3. The van der Waals surface area contributed by atoms with E-state index < -0.39 is 5.82 Å². The van der Waals surface area contributed by atoms with E-state index in [1.165, 1.54) is 6.07 Å². The Morgan fingerprint density at radius 2 is 1.91 bits per heavy atom. The van der Waals surface area contributed by atoms with E-state index >= 15 is 0 Å². The first-order chi connectivity index (χ1) is 11.2. The molecular weight excluding hydrogens is 299 g/mol. The van der Waals surface area contributed by atoms with Crippen LogP contribution >= 0.6 is 0 Å². The maximum Gasteiger partial charge on any atom is 0.261 e. The van der Waals surface area contributed by atoms with Crippen LogP contribution in [0.5, 0.6) is 5.75 Å². The number of methoxy groups -OCH3 is 1. The fraction of sp³-hybridized carbons (Fsp3) is 0.529. The number of hydrogen-bond donors (Lipinski definition) is 0. The fourth-order valence-electron chi connectivity index (χ4n) is 2.50. The van der Waals surface area contributed by atoms with E-state index in [1.807, 2.05) is 13.8 Å². The monoisotopic (exact) mass is 322 g/mol. The summed E-state index contributed by atoms with van der Waals surface area (Å²) in [7, 11) is 1.55. The van der Waals surface area contributed by atoms with Crippen LogP contribution in [0.25, 0.3) is 11.5 Å². The highest BCUT2D eigenvalue weighted by atomic mass is 19.1. The van der Waals surface area contributed by atoms with E-state index in [-0.39, 0.29) is 17.4 Å². The summed E-state index contributed by atoms with van der Waals surface area (Å²) in [6.07, 6.45) is 1.72. The molecule has 0 saturated carbocycles. The zero-order valence-electron chi connectivity index (χ0n) is 14.1. The lowest BCUT2D eigenvalue weighted by atomic mass is 10.00. The Bertz CT molecular complexity index is 637. The summed E-state index contributed by atoms with van der Waals surface area (Å²) in [6.45, 7) is 7.18. The summed E-state index contributed by atoms with van der Waals surface area (Å²) >= 11 is 0. The van der Waals surface area contributed by atoms with Crippen molar-refractivity contribution in [1.82, 2.24) is 10.1 Å². The number of nitrogens with zero attached hydrogens (tertiary/aromatic N) is 2. The van der Waals surface area contributed by atoms with Crippen molar-refractivity contribution in [3.8, 4) is 17.2 Å². The maximum atomic E-state index is 14.1. The Kier molecular flexibility index (Phi) is 6.10. The second-order valence-corrected chi connectivity index (χ2v) is 5.15. The molecule has 1 aliphatic heterocycles. The molecule has 0 spiro atoms. The highest BCUT2D eigenvalue weighted by Crippen LogP contribution is 2.31. The lowest BCUT2D eigenvalue weighted by Gasteiger charge is -2.18. The molecule has 0 aliphatic carbocycles. The summed E-state index contributed by atoms with van der Waals surface area (Å²) in [5.41, 5.74) is 0.992. The van der Waals surface area contributed by atoms with Gasteiger partial charge >= 0.3 is 0 Å². The topological polar surface area (TPSA) is 57.4 Å². The minimum Gasteiger partial charge on any atom is -0.496 e. The quantitative estimate of drug-likeness (QED) is 0.851. The van der Waals surface area contributed by atoms with Crippen molar-refractivity contribution in [1.29, 1.82) is 0 Å². The first kappa shape index (κ1) is 17.4. The van der Waals surface area contributed by atoms with Crippen molar-refractivity contribution in [2.45, 2.75) is 39.5 Å². The molecule has 126 valence electrons. The number of hydrogen-bond acceptors (Lipinski definition) is 5. The van der Waals surface area contributed by atoms with Gasteiger partial charge in [0, 0.05) is 19.1 Å². The van der Waals surface area contributed by atoms with Gasteiger partial charge in [0.2, 0.25) is 0 Å². The Morgan fingerprint density at radius 1 is 1.22 bits per heavy atom. The highest BCUT2D eigenvalue weighted by Gasteiger charge is 2.23. The summed E-state index contributed by atoms with van der Waals surface area (Å²) in [5, 5.41) is 3.99. The molecule has 0 amide bonds. The standard InChI is InChI=1S/C15H17FN2O3.C2H6/c1-9-7-12(16)11(8-13(9)19-2)15-17-14(18-21-15)10-3-5-20-6-4-10;1-2/h7-8,10H,3-6H2,1-2H3;1-2H3. The van der Waals surface area contributed by atoms with Gasteiger partial charge in [0.05, 0.1) is 12.7 Å². The van der Waals surface area contributed by atoms with Gasteiger partial charge in [-0.15, -0.1) is 0 Å². The minimum absolute atomic E-state index is 0.187. The first-order valence-corrected chi connectivity index (χ1v) is 7.95. The van der Waals surface area contributed by atoms with Gasteiger partial charge < -0.3 is 14.0 Å². The number of ether oxygens (including phenoxy) is 2. The van der Waals surface area contributed by atoms with Crippen molar-refractivity contribution in [2.75, 3.05) is 20.3 Å². The van der Waals surface area contributed by atoms with Crippen LogP contribution < -0.4 is 4.74 Å². The molecule has 1 aliphatic rings. The molecule has 2 heterocycles. The normalized spacial score (nSPS) is 15.0. The van der Waals surface area contributed by atoms with Crippen LogP contribution in [0.3, 0.4) is 0 Å². The maximum absolute atomic E-state index is 14.1. The summed E-state index contributed by atoms with van der Waals surface area (Å²) in [4.78, 5) is 4.34. The van der Waals surface area contributed by atoms with Gasteiger partial charge in [-0.3, -0.25) is 0 Å². The predicted octanol–water partition coefficient (Wildman–Crippen LogP) is 4.11. The Balaban J connectivity index is 0.000000924. The first-order valence-electron chi connectivity index (χ1n) is 7.95. The Labute approximate surface area is 135 Å². The van der Waals surface area contributed by atoms with Gasteiger partial charge in [-0.05, 0) is 37.5 Å². The molecule has 5 nitrogen and oxygen atoms in total. The van der Waals surface area contributed by atoms with E-state index in [1.54, 1.807) is 20.1 Å². The summed E-state index contributed by atoms with van der Waals surface area (Å²) < 4.78 is 29.9. The van der Waals surface area contributed by atoms with Gasteiger partial charge in [0.1, 0.15) is 11.6 Å². The van der Waals surface area contributed by atoms with Crippen molar-refractivity contribution < 1.29 is 18.4 Å². The summed E-state index contributed by atoms with van der Waals surface area (Å²) in [6, 6.07) is 3.00. The highest BCUT2D eigenvalue weighted by molar-refractivity contribution is 5.58. The van der Waals surface area contributed by atoms with Crippen LogP contribution in [0.1, 0.15) is 44.0 Å². The number of aryl methyl sites for hydroxylation is 1.